The first-order valence-corrected chi connectivity index (χ1v) is 8.93. The zero-order valence-electron chi connectivity index (χ0n) is 14.4. The Balaban J connectivity index is 1.43. The molecule has 23 heavy (non-hydrogen) atoms. The quantitative estimate of drug-likeness (QED) is 0.892. The van der Waals surface area contributed by atoms with Crippen LogP contribution in [0.25, 0.3) is 0 Å². The van der Waals surface area contributed by atoms with Gasteiger partial charge in [0.15, 0.2) is 0 Å². The van der Waals surface area contributed by atoms with Crippen molar-refractivity contribution in [2.45, 2.75) is 45.6 Å². The Morgan fingerprint density at radius 3 is 2.57 bits per heavy atom. The Hall–Kier alpha value is -1.33. The molecular formula is C18H29N3O2. The third-order valence-electron chi connectivity index (χ3n) is 5.18. The number of rotatable bonds is 4. The predicted molar refractivity (Wildman–Crippen MR) is 90.7 cm³/mol. The molecule has 2 aliphatic rings. The van der Waals surface area contributed by atoms with Gasteiger partial charge in [-0.1, -0.05) is 0 Å². The number of amides is 1. The highest BCUT2D eigenvalue weighted by Crippen LogP contribution is 2.19. The van der Waals surface area contributed by atoms with Crippen LogP contribution in [0.4, 0.5) is 0 Å². The molecule has 2 aliphatic heterocycles. The zero-order valence-corrected chi connectivity index (χ0v) is 14.4. The van der Waals surface area contributed by atoms with Gasteiger partial charge in [-0.3, -0.25) is 4.79 Å². The molecular weight excluding hydrogens is 290 g/mol. The van der Waals surface area contributed by atoms with Crippen molar-refractivity contribution in [3.63, 3.8) is 0 Å². The van der Waals surface area contributed by atoms with Gasteiger partial charge in [0.1, 0.15) is 11.5 Å². The second-order valence-electron chi connectivity index (χ2n) is 7.07. The van der Waals surface area contributed by atoms with Gasteiger partial charge < -0.3 is 20.0 Å². The van der Waals surface area contributed by atoms with Crippen LogP contribution in [-0.4, -0.2) is 49.6 Å². The molecule has 128 valence electrons. The minimum Gasteiger partial charge on any atom is -0.466 e. The van der Waals surface area contributed by atoms with Crippen LogP contribution in [-0.2, 0) is 0 Å². The number of carbonyl (C=O) groups is 1. The van der Waals surface area contributed by atoms with E-state index in [4.69, 9.17) is 4.42 Å². The molecule has 5 heteroatoms. The molecule has 1 amide bonds. The van der Waals surface area contributed by atoms with Crippen molar-refractivity contribution in [1.82, 2.24) is 15.5 Å². The monoisotopic (exact) mass is 319 g/mol. The zero-order chi connectivity index (χ0) is 16.2. The Bertz CT molecular complexity index is 526. The van der Waals surface area contributed by atoms with E-state index in [2.05, 4.69) is 15.5 Å². The second kappa shape index (κ2) is 7.49. The van der Waals surface area contributed by atoms with Crippen molar-refractivity contribution >= 4 is 5.91 Å². The smallest absolute Gasteiger partial charge is 0.255 e. The Kier molecular flexibility index (Phi) is 5.38. The van der Waals surface area contributed by atoms with Crippen LogP contribution in [0, 0.1) is 19.8 Å². The highest BCUT2D eigenvalue weighted by molar-refractivity contribution is 5.95. The second-order valence-corrected chi connectivity index (χ2v) is 7.07. The van der Waals surface area contributed by atoms with E-state index in [-0.39, 0.29) is 5.91 Å². The maximum absolute atomic E-state index is 12.4. The summed E-state index contributed by atoms with van der Waals surface area (Å²) in [5, 5.41) is 6.61. The average Bonchev–Trinajstić information content (AvgIpc) is 2.89. The van der Waals surface area contributed by atoms with Crippen molar-refractivity contribution in [1.29, 1.82) is 0 Å². The number of carbonyl (C=O) groups excluding carboxylic acids is 1. The van der Waals surface area contributed by atoms with Crippen LogP contribution in [0.3, 0.4) is 0 Å². The van der Waals surface area contributed by atoms with Crippen molar-refractivity contribution in [3.05, 3.63) is 23.2 Å². The van der Waals surface area contributed by atoms with Crippen molar-refractivity contribution in [3.8, 4) is 0 Å². The van der Waals surface area contributed by atoms with E-state index in [9.17, 15) is 4.79 Å². The summed E-state index contributed by atoms with van der Waals surface area (Å²) in [7, 11) is 0. The minimum atomic E-state index is 0.0103. The maximum Gasteiger partial charge on any atom is 0.255 e. The number of nitrogens with zero attached hydrogens (tertiary/aromatic N) is 1. The Labute approximate surface area is 138 Å². The molecule has 1 aromatic heterocycles. The predicted octanol–water partition coefficient (Wildman–Crippen LogP) is 2.09. The molecule has 0 saturated carbocycles. The number of hydrogen-bond donors (Lipinski definition) is 2. The van der Waals surface area contributed by atoms with Crippen molar-refractivity contribution in [2.75, 3.05) is 32.7 Å². The van der Waals surface area contributed by atoms with Crippen molar-refractivity contribution in [2.24, 2.45) is 5.92 Å². The summed E-state index contributed by atoms with van der Waals surface area (Å²) < 4.78 is 5.45. The highest BCUT2D eigenvalue weighted by atomic mass is 16.3. The van der Waals surface area contributed by atoms with Gasteiger partial charge in [0.05, 0.1) is 5.56 Å². The number of likely N-dealkylation sites (tertiary alicyclic amines) is 1. The summed E-state index contributed by atoms with van der Waals surface area (Å²) in [6.45, 7) is 9.48. The van der Waals surface area contributed by atoms with Gasteiger partial charge in [0.25, 0.3) is 5.91 Å². The van der Waals surface area contributed by atoms with E-state index < -0.39 is 0 Å². The summed E-state index contributed by atoms with van der Waals surface area (Å²) >= 11 is 0. The third kappa shape index (κ3) is 4.36. The molecule has 2 fully saturated rings. The average molecular weight is 319 g/mol. The van der Waals surface area contributed by atoms with Gasteiger partial charge >= 0.3 is 0 Å². The molecule has 2 saturated heterocycles. The van der Waals surface area contributed by atoms with Crippen LogP contribution in [0.5, 0.6) is 0 Å². The van der Waals surface area contributed by atoms with Gasteiger partial charge in [-0.15, -0.1) is 0 Å². The Morgan fingerprint density at radius 2 is 1.96 bits per heavy atom. The molecule has 3 rings (SSSR count). The molecule has 0 atom stereocenters. The lowest BCUT2D eigenvalue weighted by Gasteiger charge is -2.35. The van der Waals surface area contributed by atoms with E-state index in [1.807, 2.05) is 19.9 Å². The highest BCUT2D eigenvalue weighted by Gasteiger charge is 2.24. The first kappa shape index (κ1) is 16.5. The first-order valence-electron chi connectivity index (χ1n) is 8.93. The van der Waals surface area contributed by atoms with E-state index in [1.54, 1.807) is 0 Å². The van der Waals surface area contributed by atoms with E-state index >= 15 is 0 Å². The number of furan rings is 1. The molecule has 0 unspecified atom stereocenters. The largest absolute Gasteiger partial charge is 0.466 e. The van der Waals surface area contributed by atoms with Crippen LogP contribution in [0.1, 0.15) is 47.6 Å². The summed E-state index contributed by atoms with van der Waals surface area (Å²) in [6.07, 6.45) is 4.70. The van der Waals surface area contributed by atoms with E-state index in [0.717, 1.165) is 37.6 Å². The third-order valence-corrected chi connectivity index (χ3v) is 5.18. The van der Waals surface area contributed by atoms with Gasteiger partial charge in [-0.2, -0.15) is 0 Å². The van der Waals surface area contributed by atoms with Crippen LogP contribution >= 0.6 is 0 Å². The number of aryl methyl sites for hydroxylation is 2. The van der Waals surface area contributed by atoms with Gasteiger partial charge in [-0.05, 0) is 64.6 Å². The number of nitrogens with one attached hydrogen (secondary N) is 2. The SMILES string of the molecule is Cc1cc(C(=O)NC2CCN(CC3CCNCC3)CC2)c(C)o1. The number of piperidine rings is 2. The minimum absolute atomic E-state index is 0.0103. The fourth-order valence-corrected chi connectivity index (χ4v) is 3.81. The van der Waals surface area contributed by atoms with E-state index in [1.165, 1.54) is 32.5 Å². The normalized spacial score (nSPS) is 21.5. The summed E-state index contributed by atoms with van der Waals surface area (Å²) in [5.41, 5.74) is 0.680. The molecule has 2 N–H and O–H groups in total. The fraction of sp³-hybridized carbons (Fsp3) is 0.722. The molecule has 0 radical (unpaired) electrons. The lowest BCUT2D eigenvalue weighted by molar-refractivity contribution is 0.0901. The Morgan fingerprint density at radius 1 is 1.26 bits per heavy atom. The van der Waals surface area contributed by atoms with Gasteiger partial charge in [0.2, 0.25) is 0 Å². The molecule has 0 aromatic carbocycles. The van der Waals surface area contributed by atoms with Crippen LogP contribution in [0.2, 0.25) is 0 Å². The summed E-state index contributed by atoms with van der Waals surface area (Å²) in [4.78, 5) is 14.9. The first-order chi connectivity index (χ1) is 11.1. The molecule has 0 aliphatic carbocycles. The van der Waals surface area contributed by atoms with Crippen LogP contribution < -0.4 is 10.6 Å². The summed E-state index contributed by atoms with van der Waals surface area (Å²) in [5.74, 6) is 2.36. The van der Waals surface area contributed by atoms with E-state index in [0.29, 0.717) is 17.4 Å². The molecule has 0 bridgehead atoms. The molecule has 5 nitrogen and oxygen atoms in total. The van der Waals surface area contributed by atoms with Gasteiger partial charge in [0, 0.05) is 25.7 Å². The lowest BCUT2D eigenvalue weighted by atomic mass is 9.96. The lowest BCUT2D eigenvalue weighted by Crippen LogP contribution is -2.46. The van der Waals surface area contributed by atoms with Crippen LogP contribution in [0.15, 0.2) is 10.5 Å². The maximum atomic E-state index is 12.4. The molecule has 0 spiro atoms. The molecule has 1 aromatic rings. The summed E-state index contributed by atoms with van der Waals surface area (Å²) in [6, 6.07) is 2.12. The topological polar surface area (TPSA) is 57.5 Å². The van der Waals surface area contributed by atoms with Gasteiger partial charge in [-0.25, -0.2) is 0 Å². The molecule has 3 heterocycles. The van der Waals surface area contributed by atoms with Crippen molar-refractivity contribution < 1.29 is 9.21 Å². The fourth-order valence-electron chi connectivity index (χ4n) is 3.81. The number of hydrogen-bond acceptors (Lipinski definition) is 4. The standard InChI is InChI=1S/C18H29N3O2/c1-13-11-17(14(2)23-13)18(22)20-16-5-9-21(10-6-16)12-15-3-7-19-8-4-15/h11,15-16,19H,3-10,12H2,1-2H3,(H,20,22).